The molecule has 2 atom stereocenters. The van der Waals surface area contributed by atoms with Crippen LogP contribution in [0.5, 0.6) is 0 Å². The zero-order chi connectivity index (χ0) is 12.3. The summed E-state index contributed by atoms with van der Waals surface area (Å²) in [4.78, 5) is 4.89. The summed E-state index contributed by atoms with van der Waals surface area (Å²) in [6.45, 7) is 7.70. The second-order valence-corrected chi connectivity index (χ2v) is 6.75. The van der Waals surface area contributed by atoms with Crippen molar-refractivity contribution >= 4 is 0 Å². The van der Waals surface area contributed by atoms with Crippen LogP contribution in [0, 0.1) is 17.8 Å². The molecule has 17 heavy (non-hydrogen) atoms. The number of nitrogens with zero attached hydrogens (tertiary/aromatic N) is 2. The van der Waals surface area contributed by atoms with Crippen molar-refractivity contribution in [2.75, 3.05) is 40.3 Å². The van der Waals surface area contributed by atoms with Gasteiger partial charge >= 0.3 is 0 Å². The van der Waals surface area contributed by atoms with Crippen molar-refractivity contribution in [3.05, 3.63) is 0 Å². The molecule has 2 unspecified atom stereocenters. The zero-order valence-corrected chi connectivity index (χ0v) is 12.0. The molecule has 2 nitrogen and oxygen atoms in total. The van der Waals surface area contributed by atoms with Gasteiger partial charge in [-0.2, -0.15) is 0 Å². The Morgan fingerprint density at radius 1 is 0.765 bits per heavy atom. The Morgan fingerprint density at radius 3 is 1.76 bits per heavy atom. The predicted octanol–water partition coefficient (Wildman–Crippen LogP) is 2.70. The van der Waals surface area contributed by atoms with E-state index in [9.17, 15) is 0 Å². The maximum absolute atomic E-state index is 2.49. The van der Waals surface area contributed by atoms with E-state index in [1.807, 2.05) is 0 Å². The molecule has 3 fully saturated rings. The molecule has 2 aliphatic heterocycles. The first-order valence-electron chi connectivity index (χ1n) is 7.50. The number of piperidine rings is 2. The van der Waals surface area contributed by atoms with Crippen molar-refractivity contribution in [1.29, 1.82) is 0 Å². The molecule has 3 aliphatic rings. The molecule has 1 aliphatic carbocycles. The number of hydrogen-bond acceptors (Lipinski definition) is 2. The fourth-order valence-corrected chi connectivity index (χ4v) is 3.60. The Bertz CT molecular complexity index is 199. The van der Waals surface area contributed by atoms with Crippen molar-refractivity contribution in [2.24, 2.45) is 17.8 Å². The molecule has 0 aromatic heterocycles. The molecule has 0 amide bonds. The third-order valence-corrected chi connectivity index (χ3v) is 4.80. The molecular formula is C15H30N2. The Hall–Kier alpha value is -0.0800. The van der Waals surface area contributed by atoms with Crippen molar-refractivity contribution in [3.63, 3.8) is 0 Å². The lowest BCUT2D eigenvalue weighted by Crippen LogP contribution is -2.32. The van der Waals surface area contributed by atoms with Gasteiger partial charge in [-0.25, -0.2) is 0 Å². The predicted molar refractivity (Wildman–Crippen MR) is 74.2 cm³/mol. The molecule has 100 valence electrons. The van der Waals surface area contributed by atoms with E-state index in [0.717, 1.165) is 17.8 Å². The maximum atomic E-state index is 2.49. The molecule has 3 rings (SSSR count). The van der Waals surface area contributed by atoms with Gasteiger partial charge in [0.2, 0.25) is 0 Å². The molecule has 0 aromatic carbocycles. The number of rotatable bonds is 0. The minimum Gasteiger partial charge on any atom is -0.306 e. The molecule has 0 radical (unpaired) electrons. The van der Waals surface area contributed by atoms with Crippen molar-refractivity contribution in [1.82, 2.24) is 9.80 Å². The fraction of sp³-hybridized carbons (Fsp3) is 1.00. The standard InChI is InChI=1S/C8H15N.C7H15N/c1-9-5-7-2-3-8(4-7)6-9;1-7-3-5-8(2)6-4-7/h7-8H,2-6H2,1H3;7H,3-6H2,1-2H3. The summed E-state index contributed by atoms with van der Waals surface area (Å²) < 4.78 is 0. The summed E-state index contributed by atoms with van der Waals surface area (Å²) in [6.07, 6.45) is 7.35. The smallest absolute Gasteiger partial charge is 0.000683 e. The van der Waals surface area contributed by atoms with Crippen LogP contribution in [0.25, 0.3) is 0 Å². The van der Waals surface area contributed by atoms with E-state index >= 15 is 0 Å². The van der Waals surface area contributed by atoms with Gasteiger partial charge in [-0.15, -0.1) is 0 Å². The largest absolute Gasteiger partial charge is 0.306 e. The van der Waals surface area contributed by atoms with E-state index in [4.69, 9.17) is 0 Å². The van der Waals surface area contributed by atoms with E-state index in [-0.39, 0.29) is 0 Å². The van der Waals surface area contributed by atoms with E-state index in [1.54, 1.807) is 0 Å². The van der Waals surface area contributed by atoms with Gasteiger partial charge in [0, 0.05) is 13.1 Å². The van der Waals surface area contributed by atoms with Gasteiger partial charge in [-0.1, -0.05) is 6.92 Å². The molecule has 2 heterocycles. The third-order valence-electron chi connectivity index (χ3n) is 4.80. The number of likely N-dealkylation sites (tertiary alicyclic amines) is 2. The first kappa shape index (κ1) is 13.4. The van der Waals surface area contributed by atoms with E-state index in [1.165, 1.54) is 58.3 Å². The molecule has 1 saturated carbocycles. The second-order valence-electron chi connectivity index (χ2n) is 6.75. The molecule has 2 saturated heterocycles. The fourth-order valence-electron chi connectivity index (χ4n) is 3.60. The van der Waals surface area contributed by atoms with Gasteiger partial charge in [-0.05, 0) is 77.0 Å². The lowest BCUT2D eigenvalue weighted by atomic mass is 10.00. The molecule has 0 N–H and O–H groups in total. The second kappa shape index (κ2) is 6.19. The average Bonchev–Trinajstić information content (AvgIpc) is 2.63. The Morgan fingerprint density at radius 2 is 1.29 bits per heavy atom. The molecule has 0 aromatic rings. The minimum atomic E-state index is 0.978. The van der Waals surface area contributed by atoms with Crippen LogP contribution in [-0.4, -0.2) is 50.1 Å². The van der Waals surface area contributed by atoms with Crippen molar-refractivity contribution in [2.45, 2.75) is 39.0 Å². The molecular weight excluding hydrogens is 208 g/mol. The van der Waals surface area contributed by atoms with Crippen LogP contribution in [0.4, 0.5) is 0 Å². The van der Waals surface area contributed by atoms with E-state index in [0.29, 0.717) is 0 Å². The third kappa shape index (κ3) is 4.26. The molecule has 2 heteroatoms. The van der Waals surface area contributed by atoms with E-state index < -0.39 is 0 Å². The average molecular weight is 238 g/mol. The Kier molecular flexibility index (Phi) is 4.87. The summed E-state index contributed by atoms with van der Waals surface area (Å²) in [6, 6.07) is 0. The lowest BCUT2D eigenvalue weighted by Gasteiger charge is -2.27. The van der Waals surface area contributed by atoms with Crippen LogP contribution in [-0.2, 0) is 0 Å². The van der Waals surface area contributed by atoms with Gasteiger partial charge in [0.05, 0.1) is 0 Å². The monoisotopic (exact) mass is 238 g/mol. The number of hydrogen-bond donors (Lipinski definition) is 0. The summed E-state index contributed by atoms with van der Waals surface area (Å²) in [5.41, 5.74) is 0. The van der Waals surface area contributed by atoms with Crippen LogP contribution in [0.1, 0.15) is 39.0 Å². The number of fused-ring (bicyclic) bond motifs is 2. The highest BCUT2D eigenvalue weighted by atomic mass is 15.1. The summed E-state index contributed by atoms with van der Waals surface area (Å²) >= 11 is 0. The van der Waals surface area contributed by atoms with Crippen molar-refractivity contribution in [3.8, 4) is 0 Å². The van der Waals surface area contributed by atoms with Gasteiger partial charge in [0.15, 0.2) is 0 Å². The van der Waals surface area contributed by atoms with Gasteiger partial charge in [-0.3, -0.25) is 0 Å². The highest BCUT2D eigenvalue weighted by molar-refractivity contribution is 4.83. The summed E-state index contributed by atoms with van der Waals surface area (Å²) in [5.74, 6) is 3.11. The minimum absolute atomic E-state index is 0.978. The van der Waals surface area contributed by atoms with Crippen LogP contribution < -0.4 is 0 Å². The molecule has 0 spiro atoms. The van der Waals surface area contributed by atoms with Crippen LogP contribution in [0.2, 0.25) is 0 Å². The van der Waals surface area contributed by atoms with Gasteiger partial charge in [0.1, 0.15) is 0 Å². The van der Waals surface area contributed by atoms with Gasteiger partial charge < -0.3 is 9.80 Å². The Labute approximate surface area is 107 Å². The Balaban J connectivity index is 0.000000128. The lowest BCUT2D eigenvalue weighted by molar-refractivity contribution is 0.203. The highest BCUT2D eigenvalue weighted by Gasteiger charge is 2.30. The first-order chi connectivity index (χ1) is 8.13. The summed E-state index contributed by atoms with van der Waals surface area (Å²) in [5, 5.41) is 0. The first-order valence-corrected chi connectivity index (χ1v) is 7.50. The SMILES string of the molecule is CC1CCN(C)CC1.CN1CC2CCC(C2)C1. The quantitative estimate of drug-likeness (QED) is 0.640. The van der Waals surface area contributed by atoms with Gasteiger partial charge in [0.25, 0.3) is 0 Å². The maximum Gasteiger partial charge on any atom is 0.000683 e. The summed E-state index contributed by atoms with van der Waals surface area (Å²) in [7, 11) is 4.45. The van der Waals surface area contributed by atoms with Crippen molar-refractivity contribution < 1.29 is 0 Å². The van der Waals surface area contributed by atoms with Crippen LogP contribution in [0.3, 0.4) is 0 Å². The van der Waals surface area contributed by atoms with Crippen LogP contribution >= 0.6 is 0 Å². The van der Waals surface area contributed by atoms with Crippen LogP contribution in [0.15, 0.2) is 0 Å². The zero-order valence-electron chi connectivity index (χ0n) is 12.0. The van der Waals surface area contributed by atoms with E-state index in [2.05, 4.69) is 30.8 Å². The molecule has 2 bridgehead atoms. The normalized spacial score (nSPS) is 35.5. The topological polar surface area (TPSA) is 6.48 Å². The highest BCUT2D eigenvalue weighted by Crippen LogP contribution is 2.35.